The van der Waals surface area contributed by atoms with Crippen molar-refractivity contribution in [1.82, 2.24) is 20.5 Å². The zero-order chi connectivity index (χ0) is 18.5. The summed E-state index contributed by atoms with van der Waals surface area (Å²) >= 11 is 1.63. The summed E-state index contributed by atoms with van der Waals surface area (Å²) in [4.78, 5) is 44.5. The van der Waals surface area contributed by atoms with Crippen LogP contribution in [0.25, 0.3) is 0 Å². The van der Waals surface area contributed by atoms with Crippen LogP contribution in [0.1, 0.15) is 28.3 Å². The maximum Gasteiger partial charge on any atom is 0.322 e. The predicted molar refractivity (Wildman–Crippen MR) is 97.2 cm³/mol. The number of aromatic nitrogens is 1. The van der Waals surface area contributed by atoms with E-state index in [0.29, 0.717) is 13.1 Å². The Kier molecular flexibility index (Phi) is 5.62. The summed E-state index contributed by atoms with van der Waals surface area (Å²) in [5, 5.41) is 4.79. The minimum Gasteiger partial charge on any atom is -0.330 e. The van der Waals surface area contributed by atoms with Gasteiger partial charge in [-0.05, 0) is 37.6 Å². The van der Waals surface area contributed by atoms with Gasteiger partial charge in [-0.15, -0.1) is 11.3 Å². The second kappa shape index (κ2) is 8.09. The number of pyridine rings is 1. The van der Waals surface area contributed by atoms with Crippen molar-refractivity contribution in [3.63, 3.8) is 0 Å². The number of hydrogen-bond acceptors (Lipinski definition) is 5. The van der Waals surface area contributed by atoms with Crippen molar-refractivity contribution in [2.45, 2.75) is 38.9 Å². The van der Waals surface area contributed by atoms with E-state index in [1.54, 1.807) is 22.4 Å². The first-order chi connectivity index (χ1) is 12.5. The van der Waals surface area contributed by atoms with Gasteiger partial charge in [0, 0.05) is 22.4 Å². The molecule has 1 saturated heterocycles. The second-order valence-electron chi connectivity index (χ2n) is 6.14. The highest BCUT2D eigenvalue weighted by molar-refractivity contribution is 7.11. The van der Waals surface area contributed by atoms with Gasteiger partial charge in [0.15, 0.2) is 0 Å². The summed E-state index contributed by atoms with van der Waals surface area (Å²) in [7, 11) is 0. The number of nitrogens with zero attached hydrogens (tertiary/aromatic N) is 2. The van der Waals surface area contributed by atoms with Crippen LogP contribution in [-0.4, -0.2) is 33.8 Å². The van der Waals surface area contributed by atoms with E-state index in [9.17, 15) is 14.4 Å². The Morgan fingerprint density at radius 1 is 1.27 bits per heavy atom. The Bertz CT molecular complexity index is 806. The van der Waals surface area contributed by atoms with Crippen LogP contribution in [-0.2, 0) is 22.7 Å². The summed E-state index contributed by atoms with van der Waals surface area (Å²) < 4.78 is 0. The van der Waals surface area contributed by atoms with Gasteiger partial charge in [0.2, 0.25) is 11.8 Å². The van der Waals surface area contributed by atoms with Crippen LogP contribution in [0.15, 0.2) is 36.5 Å². The molecule has 136 valence electrons. The molecule has 1 aliphatic heterocycles. The van der Waals surface area contributed by atoms with Gasteiger partial charge in [0.25, 0.3) is 0 Å². The SMILES string of the molecule is Cc1ccc(CN(Cc2ccccn2)C(=O)[C@@H]2CCC(=O)NC(=O)N2)s1. The molecule has 0 aliphatic carbocycles. The highest BCUT2D eigenvalue weighted by Gasteiger charge is 2.30. The molecular formula is C18H20N4O3S. The van der Waals surface area contributed by atoms with E-state index in [-0.39, 0.29) is 24.7 Å². The first kappa shape index (κ1) is 18.1. The fourth-order valence-corrected chi connectivity index (χ4v) is 3.70. The van der Waals surface area contributed by atoms with Crippen LogP contribution in [0, 0.1) is 6.92 Å². The number of hydrogen-bond donors (Lipinski definition) is 2. The lowest BCUT2D eigenvalue weighted by molar-refractivity contribution is -0.134. The van der Waals surface area contributed by atoms with E-state index in [1.807, 2.05) is 37.3 Å². The van der Waals surface area contributed by atoms with E-state index >= 15 is 0 Å². The van der Waals surface area contributed by atoms with Crippen molar-refractivity contribution < 1.29 is 14.4 Å². The van der Waals surface area contributed by atoms with Crippen molar-refractivity contribution >= 4 is 29.2 Å². The molecular weight excluding hydrogens is 352 g/mol. The van der Waals surface area contributed by atoms with Crippen LogP contribution < -0.4 is 10.6 Å². The second-order valence-corrected chi connectivity index (χ2v) is 7.51. The Labute approximate surface area is 155 Å². The molecule has 2 N–H and O–H groups in total. The topological polar surface area (TPSA) is 91.4 Å². The summed E-state index contributed by atoms with van der Waals surface area (Å²) in [5.41, 5.74) is 0.767. The van der Waals surface area contributed by atoms with Crippen molar-refractivity contribution in [3.05, 3.63) is 52.0 Å². The van der Waals surface area contributed by atoms with E-state index in [4.69, 9.17) is 0 Å². The third kappa shape index (κ3) is 4.66. The van der Waals surface area contributed by atoms with Crippen LogP contribution in [0.5, 0.6) is 0 Å². The van der Waals surface area contributed by atoms with Gasteiger partial charge in [-0.1, -0.05) is 6.07 Å². The Hall–Kier alpha value is -2.74. The highest BCUT2D eigenvalue weighted by Crippen LogP contribution is 2.19. The molecule has 2 aromatic heterocycles. The number of nitrogens with one attached hydrogen (secondary N) is 2. The molecule has 1 aliphatic rings. The van der Waals surface area contributed by atoms with Crippen LogP contribution in [0.4, 0.5) is 4.79 Å². The van der Waals surface area contributed by atoms with Crippen LogP contribution in [0.2, 0.25) is 0 Å². The number of carbonyl (C=O) groups is 3. The number of imide groups is 1. The number of thiophene rings is 1. The molecule has 0 radical (unpaired) electrons. The van der Waals surface area contributed by atoms with E-state index < -0.39 is 12.1 Å². The summed E-state index contributed by atoms with van der Waals surface area (Å²) in [6.07, 6.45) is 2.09. The highest BCUT2D eigenvalue weighted by atomic mass is 32.1. The minimum atomic E-state index is -0.730. The molecule has 3 heterocycles. The van der Waals surface area contributed by atoms with Crippen molar-refractivity contribution in [3.8, 4) is 0 Å². The van der Waals surface area contributed by atoms with Gasteiger partial charge in [-0.2, -0.15) is 0 Å². The average molecular weight is 372 g/mol. The van der Waals surface area contributed by atoms with Crippen molar-refractivity contribution in [1.29, 1.82) is 0 Å². The van der Waals surface area contributed by atoms with Gasteiger partial charge >= 0.3 is 6.03 Å². The zero-order valence-corrected chi connectivity index (χ0v) is 15.2. The zero-order valence-electron chi connectivity index (χ0n) is 14.4. The lowest BCUT2D eigenvalue weighted by atomic mass is 10.1. The maximum absolute atomic E-state index is 13.1. The number of carbonyl (C=O) groups excluding carboxylic acids is 3. The fraction of sp³-hybridized carbons (Fsp3) is 0.333. The molecule has 0 aromatic carbocycles. The van der Waals surface area contributed by atoms with Crippen LogP contribution in [0.3, 0.4) is 0 Å². The number of urea groups is 1. The number of amides is 4. The number of rotatable bonds is 5. The number of aryl methyl sites for hydroxylation is 1. The lowest BCUT2D eigenvalue weighted by Gasteiger charge is -2.26. The Balaban J connectivity index is 1.79. The van der Waals surface area contributed by atoms with E-state index in [2.05, 4.69) is 15.6 Å². The quantitative estimate of drug-likeness (QED) is 0.839. The Morgan fingerprint density at radius 2 is 2.12 bits per heavy atom. The molecule has 0 spiro atoms. The van der Waals surface area contributed by atoms with Gasteiger partial charge in [-0.25, -0.2) is 4.79 Å². The molecule has 0 unspecified atom stereocenters. The molecule has 3 rings (SSSR count). The molecule has 0 bridgehead atoms. The molecule has 26 heavy (non-hydrogen) atoms. The Morgan fingerprint density at radius 3 is 2.81 bits per heavy atom. The molecule has 4 amide bonds. The minimum absolute atomic E-state index is 0.130. The smallest absolute Gasteiger partial charge is 0.322 e. The molecule has 7 nitrogen and oxygen atoms in total. The van der Waals surface area contributed by atoms with E-state index in [1.165, 1.54) is 4.88 Å². The summed E-state index contributed by atoms with van der Waals surface area (Å²) in [6.45, 7) is 2.79. The van der Waals surface area contributed by atoms with Crippen molar-refractivity contribution in [2.24, 2.45) is 0 Å². The third-order valence-electron chi connectivity index (χ3n) is 4.05. The molecule has 0 saturated carbocycles. The monoisotopic (exact) mass is 372 g/mol. The van der Waals surface area contributed by atoms with E-state index in [0.717, 1.165) is 10.6 Å². The molecule has 2 aromatic rings. The largest absolute Gasteiger partial charge is 0.330 e. The average Bonchev–Trinajstić information content (AvgIpc) is 2.94. The maximum atomic E-state index is 13.1. The predicted octanol–water partition coefficient (Wildman–Crippen LogP) is 1.97. The van der Waals surface area contributed by atoms with Gasteiger partial charge in [-0.3, -0.25) is 19.9 Å². The van der Waals surface area contributed by atoms with Gasteiger partial charge < -0.3 is 10.2 Å². The van der Waals surface area contributed by atoms with Gasteiger partial charge in [0.1, 0.15) is 6.04 Å². The lowest BCUT2D eigenvalue weighted by Crippen LogP contribution is -2.49. The normalized spacial score (nSPS) is 17.2. The molecule has 1 fully saturated rings. The third-order valence-corrected chi connectivity index (χ3v) is 5.04. The first-order valence-corrected chi connectivity index (χ1v) is 9.17. The van der Waals surface area contributed by atoms with Gasteiger partial charge in [0.05, 0.1) is 18.8 Å². The molecule has 1 atom stereocenters. The summed E-state index contributed by atoms with van der Waals surface area (Å²) in [5.74, 6) is -0.588. The fourth-order valence-electron chi connectivity index (χ4n) is 2.79. The van der Waals surface area contributed by atoms with Crippen molar-refractivity contribution in [2.75, 3.05) is 0 Å². The standard InChI is InChI=1S/C18H20N4O3S/c1-12-5-6-14(26-12)11-22(10-13-4-2-3-9-19-13)17(24)15-7-8-16(23)21-18(25)20-15/h2-6,9,15H,7-8,10-11H2,1H3,(H2,20,21,23,25)/t15-/m0/s1. The first-order valence-electron chi connectivity index (χ1n) is 8.35. The molecule has 8 heteroatoms. The van der Waals surface area contributed by atoms with Crippen LogP contribution >= 0.6 is 11.3 Å². The summed E-state index contributed by atoms with van der Waals surface area (Å²) in [6, 6.07) is 8.20.